The van der Waals surface area contributed by atoms with E-state index in [2.05, 4.69) is 0 Å². The second kappa shape index (κ2) is 10.8. The summed E-state index contributed by atoms with van der Waals surface area (Å²) in [5, 5.41) is 1.66. The Morgan fingerprint density at radius 3 is 2.30 bits per heavy atom. The van der Waals surface area contributed by atoms with Gasteiger partial charge in [-0.25, -0.2) is 0 Å². The summed E-state index contributed by atoms with van der Waals surface area (Å²) in [5.74, 6) is 0.808. The number of amides is 2. The van der Waals surface area contributed by atoms with Gasteiger partial charge in [0.2, 0.25) is 5.91 Å². The molecule has 1 aliphatic heterocycles. The Labute approximate surface area is 198 Å². The largest absolute Gasteiger partial charge is 0.497 e. The third kappa shape index (κ3) is 6.11. The zero-order chi connectivity index (χ0) is 24.1. The summed E-state index contributed by atoms with van der Waals surface area (Å²) < 4.78 is 16.8. The molecule has 0 spiro atoms. The summed E-state index contributed by atoms with van der Waals surface area (Å²) in [7, 11) is 3.17. The van der Waals surface area contributed by atoms with Crippen LogP contribution < -0.4 is 9.47 Å². The molecule has 1 unspecified atom stereocenters. The lowest BCUT2D eigenvalue weighted by Crippen LogP contribution is -2.42. The molecule has 3 rings (SSSR count). The van der Waals surface area contributed by atoms with Gasteiger partial charge in [-0.05, 0) is 44.5 Å². The number of thiophene rings is 1. The molecule has 8 nitrogen and oxygen atoms in total. The van der Waals surface area contributed by atoms with Crippen molar-refractivity contribution in [1.29, 1.82) is 0 Å². The zero-order valence-corrected chi connectivity index (χ0v) is 20.4. The maximum atomic E-state index is 13.2. The minimum absolute atomic E-state index is 0.0268. The lowest BCUT2D eigenvalue weighted by atomic mass is 10.2. The van der Waals surface area contributed by atoms with Crippen LogP contribution >= 0.6 is 11.3 Å². The number of hydrogen-bond acceptors (Lipinski definition) is 7. The second-order valence-corrected chi connectivity index (χ2v) is 9.15. The molecule has 0 radical (unpaired) electrons. The number of methoxy groups -OCH3 is 2. The number of benzene rings is 1. The van der Waals surface area contributed by atoms with Crippen molar-refractivity contribution in [2.24, 2.45) is 0 Å². The summed E-state index contributed by atoms with van der Waals surface area (Å²) >= 11 is 1.23. The fraction of sp³-hybridized carbons (Fsp3) is 0.458. The van der Waals surface area contributed by atoms with Crippen molar-refractivity contribution < 1.29 is 28.6 Å². The fourth-order valence-electron chi connectivity index (χ4n) is 3.68. The zero-order valence-electron chi connectivity index (χ0n) is 19.6. The molecular weight excluding hydrogens is 444 g/mol. The third-order valence-corrected chi connectivity index (χ3v) is 6.50. The first-order valence-electron chi connectivity index (χ1n) is 10.7. The highest BCUT2D eigenvalue weighted by atomic mass is 32.1. The van der Waals surface area contributed by atoms with Crippen LogP contribution in [-0.2, 0) is 16.1 Å². The van der Waals surface area contributed by atoms with E-state index in [4.69, 9.17) is 14.2 Å². The molecule has 9 heteroatoms. The quantitative estimate of drug-likeness (QED) is 0.546. The lowest BCUT2D eigenvalue weighted by molar-refractivity contribution is -0.133. The molecule has 33 heavy (non-hydrogen) atoms. The molecule has 0 saturated carbocycles. The van der Waals surface area contributed by atoms with Gasteiger partial charge in [-0.15, -0.1) is 11.3 Å². The van der Waals surface area contributed by atoms with E-state index in [1.54, 1.807) is 36.6 Å². The van der Waals surface area contributed by atoms with Crippen LogP contribution in [0.5, 0.6) is 11.5 Å². The van der Waals surface area contributed by atoms with E-state index in [9.17, 15) is 14.4 Å². The number of nitrogens with zero attached hydrogens (tertiary/aromatic N) is 2. The lowest BCUT2D eigenvalue weighted by Gasteiger charge is -2.27. The van der Waals surface area contributed by atoms with Crippen molar-refractivity contribution in [1.82, 2.24) is 9.80 Å². The molecule has 1 fully saturated rings. The Hall–Kier alpha value is -2.91. The first-order valence-corrected chi connectivity index (χ1v) is 11.6. The van der Waals surface area contributed by atoms with Crippen molar-refractivity contribution in [2.75, 3.05) is 33.9 Å². The normalized spacial score (nSPS) is 16.7. The summed E-state index contributed by atoms with van der Waals surface area (Å²) in [4.78, 5) is 41.4. The molecule has 1 atom stereocenters. The smallest absolute Gasteiger partial charge is 0.255 e. The van der Waals surface area contributed by atoms with Crippen molar-refractivity contribution in [3.63, 3.8) is 0 Å². The molecule has 0 aliphatic carbocycles. The number of hydrogen-bond donors (Lipinski definition) is 0. The van der Waals surface area contributed by atoms with Crippen LogP contribution in [0.3, 0.4) is 0 Å². The molecule has 0 bridgehead atoms. The molecule has 2 heterocycles. The standard InChI is InChI=1S/C24H30N2O6S/c1-15(2)26-11-21(32-13-17-6-19(30-4)9-20(7-17)31-5)10-25(12-23(26)28)24(29)18-8-22(16(3)27)33-14-18/h6-9,14-15,21H,10-13H2,1-5H3. The van der Waals surface area contributed by atoms with Gasteiger partial charge in [-0.1, -0.05) is 0 Å². The minimum Gasteiger partial charge on any atom is -0.497 e. The van der Waals surface area contributed by atoms with Crippen LogP contribution in [0.15, 0.2) is 29.6 Å². The van der Waals surface area contributed by atoms with Crippen LogP contribution in [0.2, 0.25) is 0 Å². The van der Waals surface area contributed by atoms with E-state index >= 15 is 0 Å². The number of Topliss-reactive ketones (excluding diaryl/α,β-unsaturated/α-hetero) is 1. The number of ether oxygens (including phenoxy) is 3. The molecular formula is C24H30N2O6S. The fourth-order valence-corrected chi connectivity index (χ4v) is 4.47. The van der Waals surface area contributed by atoms with E-state index in [-0.39, 0.29) is 49.4 Å². The Morgan fingerprint density at radius 2 is 1.76 bits per heavy atom. The van der Waals surface area contributed by atoms with Gasteiger partial charge >= 0.3 is 0 Å². The Balaban J connectivity index is 1.79. The van der Waals surface area contributed by atoms with Gasteiger partial charge in [-0.3, -0.25) is 14.4 Å². The van der Waals surface area contributed by atoms with E-state index in [1.807, 2.05) is 26.0 Å². The summed E-state index contributed by atoms with van der Waals surface area (Å²) in [6.07, 6.45) is -0.383. The monoisotopic (exact) mass is 474 g/mol. The molecule has 2 amide bonds. The molecule has 1 aromatic carbocycles. The van der Waals surface area contributed by atoms with E-state index in [0.717, 1.165) is 5.56 Å². The van der Waals surface area contributed by atoms with Gasteiger partial charge in [0.05, 0.1) is 37.4 Å². The van der Waals surface area contributed by atoms with Gasteiger partial charge in [0.25, 0.3) is 5.91 Å². The molecule has 2 aromatic rings. The second-order valence-electron chi connectivity index (χ2n) is 8.24. The van der Waals surface area contributed by atoms with Crippen LogP contribution in [-0.4, -0.2) is 73.4 Å². The summed E-state index contributed by atoms with van der Waals surface area (Å²) in [5.41, 5.74) is 1.27. The van der Waals surface area contributed by atoms with Crippen molar-refractivity contribution >= 4 is 28.9 Å². The Morgan fingerprint density at radius 1 is 1.09 bits per heavy atom. The Bertz CT molecular complexity index is 996. The first kappa shape index (κ1) is 24.7. The molecule has 178 valence electrons. The molecule has 1 saturated heterocycles. The summed E-state index contributed by atoms with van der Waals surface area (Å²) in [6.45, 7) is 6.23. The van der Waals surface area contributed by atoms with Gasteiger partial charge in [0.15, 0.2) is 5.78 Å². The molecule has 1 aliphatic rings. The number of ketones is 1. The highest BCUT2D eigenvalue weighted by molar-refractivity contribution is 7.12. The minimum atomic E-state index is -0.383. The van der Waals surface area contributed by atoms with Gasteiger partial charge in [0, 0.05) is 30.6 Å². The average molecular weight is 475 g/mol. The van der Waals surface area contributed by atoms with Crippen molar-refractivity contribution in [3.8, 4) is 11.5 Å². The number of carbonyl (C=O) groups is 3. The van der Waals surface area contributed by atoms with Crippen LogP contribution in [0.1, 0.15) is 46.4 Å². The molecule has 1 aromatic heterocycles. The van der Waals surface area contributed by atoms with E-state index < -0.39 is 0 Å². The van der Waals surface area contributed by atoms with E-state index in [0.29, 0.717) is 28.5 Å². The highest BCUT2D eigenvalue weighted by Crippen LogP contribution is 2.24. The highest BCUT2D eigenvalue weighted by Gasteiger charge is 2.33. The third-order valence-electron chi connectivity index (χ3n) is 5.47. The predicted molar refractivity (Wildman–Crippen MR) is 125 cm³/mol. The predicted octanol–water partition coefficient (Wildman–Crippen LogP) is 3.25. The first-order chi connectivity index (χ1) is 15.7. The average Bonchev–Trinajstić information content (AvgIpc) is 3.23. The van der Waals surface area contributed by atoms with Gasteiger partial charge in [-0.2, -0.15) is 0 Å². The SMILES string of the molecule is COc1cc(COC2CN(C(=O)c3csc(C(C)=O)c3)CC(=O)N(C(C)C)C2)cc(OC)c1. The number of carbonyl (C=O) groups excluding carboxylic acids is 3. The number of rotatable bonds is 8. The topological polar surface area (TPSA) is 85.4 Å². The van der Waals surface area contributed by atoms with E-state index in [1.165, 1.54) is 23.2 Å². The maximum Gasteiger partial charge on any atom is 0.255 e. The molecule has 0 N–H and O–H groups in total. The van der Waals surface area contributed by atoms with Crippen LogP contribution in [0, 0.1) is 0 Å². The van der Waals surface area contributed by atoms with Crippen LogP contribution in [0.25, 0.3) is 0 Å². The Kier molecular flexibility index (Phi) is 8.10. The van der Waals surface area contributed by atoms with Crippen molar-refractivity contribution in [3.05, 3.63) is 45.6 Å². The maximum absolute atomic E-state index is 13.2. The van der Waals surface area contributed by atoms with Crippen molar-refractivity contribution in [2.45, 2.75) is 39.5 Å². The van der Waals surface area contributed by atoms with Gasteiger partial charge in [0.1, 0.15) is 18.0 Å². The van der Waals surface area contributed by atoms with Gasteiger partial charge < -0.3 is 24.0 Å². The summed E-state index contributed by atoms with van der Waals surface area (Å²) in [6, 6.07) is 7.07. The van der Waals surface area contributed by atoms with Crippen LogP contribution in [0.4, 0.5) is 0 Å².